The van der Waals surface area contributed by atoms with Crippen LogP contribution in [0.4, 0.5) is 15.8 Å². The normalized spacial score (nSPS) is 16.6. The molecule has 1 atom stereocenters. The summed E-state index contributed by atoms with van der Waals surface area (Å²) in [7, 11) is 1.43. The number of carbonyl (C=O) groups excluding carboxylic acids is 2. The number of aromatic nitrogens is 2. The largest absolute Gasteiger partial charge is 0.493 e. The van der Waals surface area contributed by atoms with Crippen LogP contribution in [0.15, 0.2) is 43.2 Å². The van der Waals surface area contributed by atoms with Crippen LogP contribution in [0.2, 0.25) is 5.02 Å². The van der Waals surface area contributed by atoms with Gasteiger partial charge in [0.1, 0.15) is 18.2 Å². The summed E-state index contributed by atoms with van der Waals surface area (Å²) in [5.41, 5.74) is 3.05. The summed E-state index contributed by atoms with van der Waals surface area (Å²) in [6, 6.07) is 4.09. The Balaban J connectivity index is 1.54. The predicted octanol–water partition coefficient (Wildman–Crippen LogP) is 4.46. The fourth-order valence-corrected chi connectivity index (χ4v) is 5.29. The number of likely N-dealkylation sites (tertiary alicyclic amines) is 1. The topological polar surface area (TPSA) is 109 Å². The minimum Gasteiger partial charge on any atom is -0.493 e. The van der Waals surface area contributed by atoms with Crippen LogP contribution < -0.4 is 20.1 Å². The van der Waals surface area contributed by atoms with E-state index in [0.717, 1.165) is 24.6 Å². The minimum atomic E-state index is -0.558. The van der Waals surface area contributed by atoms with Gasteiger partial charge >= 0.3 is 0 Å². The molecule has 0 unspecified atom stereocenters. The molecule has 198 valence electrons. The van der Waals surface area contributed by atoms with Gasteiger partial charge in [-0.1, -0.05) is 18.2 Å². The van der Waals surface area contributed by atoms with Gasteiger partial charge in [-0.3, -0.25) is 14.6 Å². The molecule has 3 aromatic rings. The number of carbonyl (C=O) groups is 2. The highest BCUT2D eigenvalue weighted by molar-refractivity contribution is 6.32. The summed E-state index contributed by atoms with van der Waals surface area (Å²) in [5.74, 6) is -0.239. The molecule has 9 nitrogen and oxygen atoms in total. The Bertz CT molecular complexity index is 1410. The van der Waals surface area contributed by atoms with Crippen LogP contribution in [0.5, 0.6) is 11.5 Å². The monoisotopic (exact) mass is 539 g/mol. The summed E-state index contributed by atoms with van der Waals surface area (Å²) < 4.78 is 25.9. The number of hydrogen-bond donors (Lipinski definition) is 3. The third kappa shape index (κ3) is 4.79. The summed E-state index contributed by atoms with van der Waals surface area (Å²) in [6.07, 6.45) is 6.81. The van der Waals surface area contributed by atoms with Crippen LogP contribution in [0, 0.1) is 5.82 Å². The molecule has 4 heterocycles. The Hall–Kier alpha value is -4.05. The van der Waals surface area contributed by atoms with E-state index in [1.54, 1.807) is 23.4 Å². The molecule has 0 saturated carbocycles. The first kappa shape index (κ1) is 25.6. The highest BCUT2D eigenvalue weighted by atomic mass is 35.5. The Morgan fingerprint density at radius 1 is 1.42 bits per heavy atom. The molecule has 1 aromatic carbocycles. The molecule has 2 aliphatic rings. The van der Waals surface area contributed by atoms with E-state index in [9.17, 15) is 14.0 Å². The number of nitrogens with one attached hydrogen (secondary N) is 3. The summed E-state index contributed by atoms with van der Waals surface area (Å²) in [4.78, 5) is 34.5. The quantitative estimate of drug-likeness (QED) is 0.365. The van der Waals surface area contributed by atoms with Crippen molar-refractivity contribution in [2.75, 3.05) is 32.1 Å². The third-order valence-corrected chi connectivity index (χ3v) is 7.04. The smallest absolute Gasteiger partial charge is 0.255 e. The van der Waals surface area contributed by atoms with E-state index in [1.165, 1.54) is 19.3 Å². The van der Waals surface area contributed by atoms with Crippen LogP contribution in [-0.2, 0) is 11.2 Å². The van der Waals surface area contributed by atoms with Crippen molar-refractivity contribution < 1.29 is 23.5 Å². The average molecular weight is 540 g/mol. The van der Waals surface area contributed by atoms with Gasteiger partial charge in [0.2, 0.25) is 5.91 Å². The standard InChI is InChI=1S/C27H27ClFN5O4/c1-3-22(35)34-10-4-5-16(34)14-38-21-13-30-8-6-17(21)24-25(23-19(32-24)7-9-31-27(23)36)33-20-12-15(29)11-18(28)26(20)37-2/h3,6,8,11-13,16,32-33H,1,4-5,7,9-10,14H2,2H3,(H,31,36)/t16-/m0/s1. The molecule has 0 bridgehead atoms. The van der Waals surface area contributed by atoms with Crippen molar-refractivity contribution in [3.63, 3.8) is 0 Å². The van der Waals surface area contributed by atoms with Crippen LogP contribution in [0.3, 0.4) is 0 Å². The summed E-state index contributed by atoms with van der Waals surface area (Å²) in [6.45, 7) is 5.00. The first-order valence-electron chi connectivity index (χ1n) is 12.2. The second-order valence-corrected chi connectivity index (χ2v) is 9.45. The second kappa shape index (κ2) is 10.7. The van der Waals surface area contributed by atoms with Gasteiger partial charge in [-0.25, -0.2) is 4.39 Å². The maximum atomic E-state index is 14.3. The molecule has 11 heteroatoms. The van der Waals surface area contributed by atoms with Crippen LogP contribution >= 0.6 is 11.6 Å². The number of benzene rings is 1. The number of methoxy groups -OCH3 is 1. The van der Waals surface area contributed by atoms with E-state index < -0.39 is 5.82 Å². The molecule has 3 N–H and O–H groups in total. The Morgan fingerprint density at radius 3 is 3.05 bits per heavy atom. The molecule has 1 fully saturated rings. The third-order valence-electron chi connectivity index (χ3n) is 6.76. The maximum absolute atomic E-state index is 14.3. The molecular formula is C27H27ClFN5O4. The number of amides is 2. The number of nitrogens with zero attached hydrogens (tertiary/aromatic N) is 2. The van der Waals surface area contributed by atoms with E-state index in [0.29, 0.717) is 47.8 Å². The van der Waals surface area contributed by atoms with Gasteiger partial charge in [0, 0.05) is 43.0 Å². The predicted molar refractivity (Wildman–Crippen MR) is 142 cm³/mol. The lowest BCUT2D eigenvalue weighted by atomic mass is 10.0. The lowest BCUT2D eigenvalue weighted by Crippen LogP contribution is -2.38. The molecule has 2 amide bonds. The summed E-state index contributed by atoms with van der Waals surface area (Å²) in [5, 5.41) is 6.13. The molecule has 2 aliphatic heterocycles. The van der Waals surface area contributed by atoms with E-state index in [2.05, 4.69) is 27.2 Å². The van der Waals surface area contributed by atoms with Crippen molar-refractivity contribution in [1.29, 1.82) is 0 Å². The number of pyridine rings is 1. The van der Waals surface area contributed by atoms with Crippen LogP contribution in [0.25, 0.3) is 11.3 Å². The Labute approximate surface area is 224 Å². The Morgan fingerprint density at radius 2 is 2.26 bits per heavy atom. The number of aromatic amines is 1. The van der Waals surface area contributed by atoms with Crippen LogP contribution in [0.1, 0.15) is 28.9 Å². The van der Waals surface area contributed by atoms with Crippen molar-refractivity contribution in [2.45, 2.75) is 25.3 Å². The molecule has 2 aromatic heterocycles. The number of hydrogen-bond acceptors (Lipinski definition) is 6. The average Bonchev–Trinajstić information content (AvgIpc) is 3.52. The number of rotatable bonds is 8. The highest BCUT2D eigenvalue weighted by Gasteiger charge is 2.31. The zero-order chi connectivity index (χ0) is 26.8. The van der Waals surface area contributed by atoms with Gasteiger partial charge in [-0.05, 0) is 31.1 Å². The zero-order valence-corrected chi connectivity index (χ0v) is 21.5. The Kier molecular flexibility index (Phi) is 7.24. The number of H-pyrrole nitrogens is 1. The molecular weight excluding hydrogens is 513 g/mol. The van der Waals surface area contributed by atoms with Gasteiger partial charge in [-0.2, -0.15) is 0 Å². The second-order valence-electron chi connectivity index (χ2n) is 9.04. The molecule has 38 heavy (non-hydrogen) atoms. The highest BCUT2D eigenvalue weighted by Crippen LogP contribution is 2.43. The van der Waals surface area contributed by atoms with Crippen LogP contribution in [-0.4, -0.2) is 59.5 Å². The lowest BCUT2D eigenvalue weighted by Gasteiger charge is -2.24. The first-order valence-corrected chi connectivity index (χ1v) is 12.6. The van der Waals surface area contributed by atoms with Gasteiger partial charge < -0.3 is 30.0 Å². The van der Waals surface area contributed by atoms with E-state index in [-0.39, 0.29) is 40.9 Å². The van der Waals surface area contributed by atoms with Gasteiger partial charge in [0.25, 0.3) is 5.91 Å². The van der Waals surface area contributed by atoms with Crippen molar-refractivity contribution >= 4 is 34.8 Å². The molecule has 1 saturated heterocycles. The van der Waals surface area contributed by atoms with E-state index in [4.69, 9.17) is 21.1 Å². The molecule has 0 spiro atoms. The lowest BCUT2D eigenvalue weighted by molar-refractivity contribution is -0.127. The number of anilines is 2. The molecule has 0 radical (unpaired) electrons. The number of halogens is 2. The number of fused-ring (bicyclic) bond motifs is 1. The molecule has 0 aliphatic carbocycles. The SMILES string of the molecule is C=CC(=O)N1CCC[C@H]1COc1cnccc1-c1[nH]c2c(c1Nc1cc(F)cc(Cl)c1OC)C(=O)NCC2. The fourth-order valence-electron chi connectivity index (χ4n) is 5.01. The molecule has 5 rings (SSSR count). The maximum Gasteiger partial charge on any atom is 0.255 e. The van der Waals surface area contributed by atoms with Gasteiger partial charge in [-0.15, -0.1) is 0 Å². The van der Waals surface area contributed by atoms with Crippen molar-refractivity contribution in [3.8, 4) is 22.8 Å². The van der Waals surface area contributed by atoms with Gasteiger partial charge in [0.15, 0.2) is 5.75 Å². The first-order chi connectivity index (χ1) is 18.4. The van der Waals surface area contributed by atoms with Gasteiger partial charge in [0.05, 0.1) is 47.0 Å². The zero-order valence-electron chi connectivity index (χ0n) is 20.8. The number of ether oxygens (including phenoxy) is 2. The van der Waals surface area contributed by atoms with E-state index >= 15 is 0 Å². The minimum absolute atomic E-state index is 0.0903. The van der Waals surface area contributed by atoms with Crippen molar-refractivity contribution in [1.82, 2.24) is 20.2 Å². The van der Waals surface area contributed by atoms with Crippen molar-refractivity contribution in [3.05, 3.63) is 65.3 Å². The fraction of sp³-hybridized carbons (Fsp3) is 0.296. The van der Waals surface area contributed by atoms with Crippen molar-refractivity contribution in [2.24, 2.45) is 0 Å². The summed E-state index contributed by atoms with van der Waals surface area (Å²) >= 11 is 6.22. The van der Waals surface area contributed by atoms with E-state index in [1.807, 2.05) is 0 Å².